The third-order valence-electron chi connectivity index (χ3n) is 2.14. The van der Waals surface area contributed by atoms with Gasteiger partial charge in [0.2, 0.25) is 0 Å². The number of aromatic nitrogens is 1. The number of pyridine rings is 1. The van der Waals surface area contributed by atoms with E-state index in [0.29, 0.717) is 11.4 Å². The zero-order valence-corrected chi connectivity index (χ0v) is 13.7. The molecular formula is C12H7Br3N2O. The van der Waals surface area contributed by atoms with Gasteiger partial charge < -0.3 is 5.32 Å². The average molecular weight is 435 g/mol. The number of benzene rings is 1. The SMILES string of the molecule is O=C(Nc1ccc(Br)cn1)c1cc(Br)ccc1Br. The van der Waals surface area contributed by atoms with E-state index in [9.17, 15) is 4.79 Å². The highest BCUT2D eigenvalue weighted by Gasteiger charge is 2.11. The third kappa shape index (κ3) is 3.40. The molecular weight excluding hydrogens is 428 g/mol. The quantitative estimate of drug-likeness (QED) is 0.749. The molecule has 3 nitrogen and oxygen atoms in total. The molecule has 1 heterocycles. The van der Waals surface area contributed by atoms with Crippen molar-refractivity contribution in [3.8, 4) is 0 Å². The van der Waals surface area contributed by atoms with E-state index < -0.39 is 0 Å². The number of carbonyl (C=O) groups excluding carboxylic acids is 1. The van der Waals surface area contributed by atoms with Crippen LogP contribution in [0.2, 0.25) is 0 Å². The van der Waals surface area contributed by atoms with Gasteiger partial charge >= 0.3 is 0 Å². The summed E-state index contributed by atoms with van der Waals surface area (Å²) in [7, 11) is 0. The largest absolute Gasteiger partial charge is 0.307 e. The second-order valence-electron chi connectivity index (χ2n) is 3.44. The van der Waals surface area contributed by atoms with Gasteiger partial charge in [-0.3, -0.25) is 4.79 Å². The lowest BCUT2D eigenvalue weighted by atomic mass is 10.2. The van der Waals surface area contributed by atoms with Crippen LogP contribution in [0.5, 0.6) is 0 Å². The lowest BCUT2D eigenvalue weighted by Gasteiger charge is -2.06. The minimum atomic E-state index is -0.210. The molecule has 0 aliphatic rings. The minimum absolute atomic E-state index is 0.210. The number of anilines is 1. The lowest BCUT2D eigenvalue weighted by molar-refractivity contribution is 0.102. The van der Waals surface area contributed by atoms with Gasteiger partial charge in [0.1, 0.15) is 5.82 Å². The smallest absolute Gasteiger partial charge is 0.258 e. The highest BCUT2D eigenvalue weighted by molar-refractivity contribution is 9.11. The van der Waals surface area contributed by atoms with Crippen LogP contribution in [0, 0.1) is 0 Å². The molecule has 0 unspecified atom stereocenters. The maximum Gasteiger partial charge on any atom is 0.258 e. The van der Waals surface area contributed by atoms with Crippen LogP contribution in [0.3, 0.4) is 0 Å². The molecule has 92 valence electrons. The van der Waals surface area contributed by atoms with E-state index in [0.717, 1.165) is 13.4 Å². The van der Waals surface area contributed by atoms with E-state index in [2.05, 4.69) is 58.1 Å². The van der Waals surface area contributed by atoms with Gasteiger partial charge in [0.15, 0.2) is 0 Å². The predicted octanol–water partition coefficient (Wildman–Crippen LogP) is 4.62. The molecule has 0 aliphatic carbocycles. The van der Waals surface area contributed by atoms with Gasteiger partial charge in [0, 0.05) is 19.6 Å². The van der Waals surface area contributed by atoms with Crippen molar-refractivity contribution in [3.63, 3.8) is 0 Å². The third-order valence-corrected chi connectivity index (χ3v) is 3.80. The number of carbonyl (C=O) groups is 1. The molecule has 0 radical (unpaired) electrons. The Kier molecular flexibility index (Phi) is 4.53. The Morgan fingerprint density at radius 1 is 1.06 bits per heavy atom. The van der Waals surface area contributed by atoms with Gasteiger partial charge in [0.05, 0.1) is 5.56 Å². The van der Waals surface area contributed by atoms with Gasteiger partial charge in [-0.1, -0.05) is 15.9 Å². The molecule has 1 aromatic carbocycles. The predicted molar refractivity (Wildman–Crippen MR) is 81.7 cm³/mol. The van der Waals surface area contributed by atoms with Crippen molar-refractivity contribution in [2.75, 3.05) is 5.32 Å². The van der Waals surface area contributed by atoms with Gasteiger partial charge in [-0.05, 0) is 62.2 Å². The first-order chi connectivity index (χ1) is 8.56. The zero-order valence-electron chi connectivity index (χ0n) is 8.95. The molecule has 0 aliphatic heterocycles. The van der Waals surface area contributed by atoms with Gasteiger partial charge in [0.25, 0.3) is 5.91 Å². The summed E-state index contributed by atoms with van der Waals surface area (Å²) in [4.78, 5) is 16.1. The van der Waals surface area contributed by atoms with Crippen molar-refractivity contribution in [1.29, 1.82) is 0 Å². The molecule has 2 rings (SSSR count). The van der Waals surface area contributed by atoms with E-state index in [-0.39, 0.29) is 5.91 Å². The van der Waals surface area contributed by atoms with E-state index in [4.69, 9.17) is 0 Å². The Morgan fingerprint density at radius 2 is 1.78 bits per heavy atom. The maximum atomic E-state index is 12.1. The fourth-order valence-electron chi connectivity index (χ4n) is 1.30. The first-order valence-electron chi connectivity index (χ1n) is 4.94. The van der Waals surface area contributed by atoms with Gasteiger partial charge in [-0.2, -0.15) is 0 Å². The first-order valence-corrected chi connectivity index (χ1v) is 7.32. The Hall–Kier alpha value is -0.720. The Bertz CT molecular complexity index is 584. The van der Waals surface area contributed by atoms with Crippen molar-refractivity contribution < 1.29 is 4.79 Å². The number of halogens is 3. The van der Waals surface area contributed by atoms with Gasteiger partial charge in [-0.15, -0.1) is 0 Å². The zero-order chi connectivity index (χ0) is 13.1. The summed E-state index contributed by atoms with van der Waals surface area (Å²) in [5, 5.41) is 2.73. The Morgan fingerprint density at radius 3 is 2.44 bits per heavy atom. The summed E-state index contributed by atoms with van der Waals surface area (Å²) >= 11 is 9.97. The highest BCUT2D eigenvalue weighted by Crippen LogP contribution is 2.22. The fourth-order valence-corrected chi connectivity index (χ4v) is 2.33. The van der Waals surface area contributed by atoms with Crippen molar-refractivity contribution in [1.82, 2.24) is 4.98 Å². The van der Waals surface area contributed by atoms with Crippen LogP contribution in [0.15, 0.2) is 49.9 Å². The lowest BCUT2D eigenvalue weighted by Crippen LogP contribution is -2.13. The molecule has 0 bridgehead atoms. The Labute approximate surface area is 129 Å². The number of rotatable bonds is 2. The summed E-state index contributed by atoms with van der Waals surface area (Å²) in [6.45, 7) is 0. The molecule has 1 amide bonds. The van der Waals surface area contributed by atoms with Crippen molar-refractivity contribution in [2.24, 2.45) is 0 Å². The van der Waals surface area contributed by atoms with Crippen LogP contribution >= 0.6 is 47.8 Å². The van der Waals surface area contributed by atoms with Crippen molar-refractivity contribution in [3.05, 3.63) is 55.5 Å². The van der Waals surface area contributed by atoms with E-state index in [1.54, 1.807) is 18.3 Å². The topological polar surface area (TPSA) is 42.0 Å². The van der Waals surface area contributed by atoms with Gasteiger partial charge in [-0.25, -0.2) is 4.98 Å². The second-order valence-corrected chi connectivity index (χ2v) is 6.13. The number of hydrogen-bond acceptors (Lipinski definition) is 2. The summed E-state index contributed by atoms with van der Waals surface area (Å²) in [6, 6.07) is 8.97. The molecule has 1 N–H and O–H groups in total. The molecule has 0 atom stereocenters. The standard InChI is InChI=1S/C12H7Br3N2O/c13-7-1-3-10(15)9(5-7)12(18)17-11-4-2-8(14)6-16-11/h1-6H,(H,16,17,18). The van der Waals surface area contributed by atoms with Crippen molar-refractivity contribution in [2.45, 2.75) is 0 Å². The Balaban J connectivity index is 2.21. The molecule has 18 heavy (non-hydrogen) atoms. The molecule has 1 aromatic heterocycles. The summed E-state index contributed by atoms with van der Waals surface area (Å²) in [5.41, 5.74) is 0.550. The highest BCUT2D eigenvalue weighted by atomic mass is 79.9. The molecule has 0 saturated carbocycles. The average Bonchev–Trinajstić information content (AvgIpc) is 2.35. The van der Waals surface area contributed by atoms with E-state index >= 15 is 0 Å². The molecule has 0 spiro atoms. The number of nitrogens with zero attached hydrogens (tertiary/aromatic N) is 1. The van der Waals surface area contributed by atoms with E-state index in [1.165, 1.54) is 0 Å². The van der Waals surface area contributed by atoms with Crippen LogP contribution in [0.25, 0.3) is 0 Å². The molecule has 0 saturated heterocycles. The molecule has 6 heteroatoms. The first kappa shape index (κ1) is 13.7. The van der Waals surface area contributed by atoms with Crippen LogP contribution in [0.4, 0.5) is 5.82 Å². The van der Waals surface area contributed by atoms with E-state index in [1.807, 2.05) is 18.2 Å². The second kappa shape index (κ2) is 5.95. The number of hydrogen-bond donors (Lipinski definition) is 1. The molecule has 2 aromatic rings. The monoisotopic (exact) mass is 432 g/mol. The number of amides is 1. The maximum absolute atomic E-state index is 12.1. The summed E-state index contributed by atoms with van der Waals surface area (Å²) < 4.78 is 2.45. The van der Waals surface area contributed by atoms with Crippen LogP contribution < -0.4 is 5.32 Å². The summed E-state index contributed by atoms with van der Waals surface area (Å²) in [5.74, 6) is 0.299. The summed E-state index contributed by atoms with van der Waals surface area (Å²) in [6.07, 6.45) is 1.63. The van der Waals surface area contributed by atoms with Crippen molar-refractivity contribution >= 4 is 59.5 Å². The fraction of sp³-hybridized carbons (Fsp3) is 0. The van der Waals surface area contributed by atoms with Crippen LogP contribution in [-0.2, 0) is 0 Å². The normalized spacial score (nSPS) is 10.2. The molecule has 0 fully saturated rings. The van der Waals surface area contributed by atoms with Crippen LogP contribution in [-0.4, -0.2) is 10.9 Å². The number of nitrogens with one attached hydrogen (secondary N) is 1. The van der Waals surface area contributed by atoms with Crippen LogP contribution in [0.1, 0.15) is 10.4 Å². The minimum Gasteiger partial charge on any atom is -0.307 e.